The van der Waals surface area contributed by atoms with Crippen LogP contribution in [0.1, 0.15) is 23.0 Å². The third-order valence-electron chi connectivity index (χ3n) is 3.83. The number of anilines is 1. The maximum Gasteiger partial charge on any atom is 0.322 e. The van der Waals surface area contributed by atoms with Gasteiger partial charge in [0.1, 0.15) is 5.69 Å². The maximum absolute atomic E-state index is 12.2. The van der Waals surface area contributed by atoms with E-state index in [0.717, 1.165) is 5.69 Å². The van der Waals surface area contributed by atoms with Gasteiger partial charge in [-0.15, -0.1) is 5.10 Å². The molecular formula is C16H17N5O4S. The van der Waals surface area contributed by atoms with Gasteiger partial charge >= 0.3 is 6.01 Å². The highest BCUT2D eigenvalue weighted by atomic mass is 32.2. The molecular weight excluding hydrogens is 358 g/mol. The highest BCUT2D eigenvalue weighted by Crippen LogP contribution is 2.20. The molecule has 1 N–H and O–H groups in total. The average molecular weight is 375 g/mol. The number of hydrogen-bond donors (Lipinski definition) is 1. The Bertz CT molecular complexity index is 1030. The van der Waals surface area contributed by atoms with Crippen molar-refractivity contribution < 1.29 is 17.6 Å². The molecule has 3 rings (SSSR count). The molecule has 0 atom stereocenters. The number of carbonyl (C=O) groups excluding carboxylic acids is 1. The minimum Gasteiger partial charge on any atom is -0.401 e. The molecule has 0 spiro atoms. The van der Waals surface area contributed by atoms with E-state index in [-0.39, 0.29) is 28.1 Å². The van der Waals surface area contributed by atoms with Crippen molar-refractivity contribution in [3.63, 3.8) is 0 Å². The van der Waals surface area contributed by atoms with Crippen LogP contribution < -0.4 is 5.32 Å². The summed E-state index contributed by atoms with van der Waals surface area (Å²) in [6, 6.07) is 7.35. The number of amides is 1. The van der Waals surface area contributed by atoms with Crippen LogP contribution in [0.2, 0.25) is 0 Å². The molecule has 2 heterocycles. The Kier molecular flexibility index (Phi) is 4.60. The topological polar surface area (TPSA) is 120 Å². The molecule has 10 heteroatoms. The van der Waals surface area contributed by atoms with Crippen LogP contribution in [0.15, 0.2) is 39.6 Å². The number of rotatable bonds is 5. The van der Waals surface area contributed by atoms with Gasteiger partial charge in [0.05, 0.1) is 10.6 Å². The smallest absolute Gasteiger partial charge is 0.322 e. The predicted molar refractivity (Wildman–Crippen MR) is 93.4 cm³/mol. The third kappa shape index (κ3) is 3.49. The van der Waals surface area contributed by atoms with Crippen LogP contribution >= 0.6 is 0 Å². The normalized spacial score (nSPS) is 11.5. The summed E-state index contributed by atoms with van der Waals surface area (Å²) >= 11 is 0. The number of aromatic nitrogens is 4. The van der Waals surface area contributed by atoms with Gasteiger partial charge in [0.2, 0.25) is 0 Å². The third-order valence-corrected chi connectivity index (χ3v) is 5.58. The summed E-state index contributed by atoms with van der Waals surface area (Å²) in [6.45, 7) is 3.45. The summed E-state index contributed by atoms with van der Waals surface area (Å²) in [5, 5.41) is 14.3. The zero-order valence-corrected chi connectivity index (χ0v) is 15.2. The molecule has 2 aromatic heterocycles. The van der Waals surface area contributed by atoms with Crippen LogP contribution in [0.5, 0.6) is 0 Å². The van der Waals surface area contributed by atoms with Crippen molar-refractivity contribution in [1.82, 2.24) is 20.0 Å². The van der Waals surface area contributed by atoms with Gasteiger partial charge in [0.25, 0.3) is 11.8 Å². The second-order valence-corrected chi connectivity index (χ2v) is 7.87. The van der Waals surface area contributed by atoms with E-state index < -0.39 is 15.7 Å². The largest absolute Gasteiger partial charge is 0.401 e. The predicted octanol–water partition coefficient (Wildman–Crippen LogP) is 1.82. The van der Waals surface area contributed by atoms with Crippen molar-refractivity contribution >= 4 is 21.8 Å². The van der Waals surface area contributed by atoms with Crippen molar-refractivity contribution in [2.45, 2.75) is 18.7 Å². The Morgan fingerprint density at radius 3 is 2.50 bits per heavy atom. The Morgan fingerprint density at radius 1 is 1.23 bits per heavy atom. The van der Waals surface area contributed by atoms with E-state index in [2.05, 4.69) is 20.6 Å². The number of carbonyl (C=O) groups is 1. The van der Waals surface area contributed by atoms with Crippen LogP contribution in [0.4, 0.5) is 6.01 Å². The van der Waals surface area contributed by atoms with E-state index in [1.54, 1.807) is 24.7 Å². The highest BCUT2D eigenvalue weighted by Gasteiger charge is 2.16. The fraction of sp³-hybridized carbons (Fsp3) is 0.250. The molecule has 0 aliphatic carbocycles. The number of aryl methyl sites for hydroxylation is 2. The molecule has 0 bridgehead atoms. The van der Waals surface area contributed by atoms with Gasteiger partial charge in [0.15, 0.2) is 9.84 Å². The van der Waals surface area contributed by atoms with E-state index in [0.29, 0.717) is 5.69 Å². The highest BCUT2D eigenvalue weighted by molar-refractivity contribution is 7.91. The summed E-state index contributed by atoms with van der Waals surface area (Å²) in [7, 11) is -1.52. The molecule has 0 unspecified atom stereocenters. The molecule has 0 saturated heterocycles. The molecule has 1 amide bonds. The summed E-state index contributed by atoms with van der Waals surface area (Å²) < 4.78 is 30.7. The molecule has 1 aromatic carbocycles. The van der Waals surface area contributed by atoms with Gasteiger partial charge in [-0.2, -0.15) is 5.10 Å². The zero-order chi connectivity index (χ0) is 18.9. The van der Waals surface area contributed by atoms with Crippen LogP contribution in [0.25, 0.3) is 11.6 Å². The van der Waals surface area contributed by atoms with Crippen LogP contribution in [0.3, 0.4) is 0 Å². The maximum atomic E-state index is 12.2. The summed E-state index contributed by atoms with van der Waals surface area (Å²) in [6.07, 6.45) is 0. The van der Waals surface area contributed by atoms with E-state index in [4.69, 9.17) is 4.42 Å². The average Bonchev–Trinajstić information content (AvgIpc) is 3.22. The molecule has 26 heavy (non-hydrogen) atoms. The molecule has 0 aliphatic heterocycles. The molecule has 3 aromatic rings. The van der Waals surface area contributed by atoms with E-state index in [1.165, 1.54) is 24.3 Å². The first-order valence-corrected chi connectivity index (χ1v) is 9.44. The van der Waals surface area contributed by atoms with E-state index in [9.17, 15) is 13.2 Å². The van der Waals surface area contributed by atoms with Gasteiger partial charge < -0.3 is 4.42 Å². The lowest BCUT2D eigenvalue weighted by Crippen LogP contribution is -2.12. The zero-order valence-electron chi connectivity index (χ0n) is 14.4. The Hall–Kier alpha value is -3.01. The molecule has 0 fully saturated rings. The molecule has 136 valence electrons. The Balaban J connectivity index is 1.74. The number of nitrogens with one attached hydrogen (secondary N) is 1. The van der Waals surface area contributed by atoms with Crippen molar-refractivity contribution in [3.8, 4) is 11.6 Å². The first-order chi connectivity index (χ1) is 12.3. The van der Waals surface area contributed by atoms with Gasteiger partial charge in [-0.1, -0.05) is 12.0 Å². The number of benzene rings is 1. The van der Waals surface area contributed by atoms with Crippen LogP contribution in [0, 0.1) is 6.92 Å². The van der Waals surface area contributed by atoms with Crippen molar-refractivity contribution in [1.29, 1.82) is 0 Å². The standard InChI is InChI=1S/C16H17N5O4S/c1-4-26(23,24)12-7-5-11(6-8-12)14(22)17-16-19-18-15(25-16)13-9-10(2)21(3)20-13/h5-9H,4H2,1-3H3,(H,17,19,22). The van der Waals surface area contributed by atoms with Crippen molar-refractivity contribution in [2.75, 3.05) is 11.1 Å². The SMILES string of the molecule is CCS(=O)(=O)c1ccc(C(=O)Nc2nnc(-c3cc(C)n(C)n3)o2)cc1. The quantitative estimate of drug-likeness (QED) is 0.722. The summed E-state index contributed by atoms with van der Waals surface area (Å²) in [4.78, 5) is 12.4. The molecule has 9 nitrogen and oxygen atoms in total. The lowest BCUT2D eigenvalue weighted by Gasteiger charge is -2.03. The fourth-order valence-electron chi connectivity index (χ4n) is 2.19. The Morgan fingerprint density at radius 2 is 1.92 bits per heavy atom. The van der Waals surface area contributed by atoms with Gasteiger partial charge in [-0.05, 0) is 37.3 Å². The minimum atomic E-state index is -3.31. The Labute approximate surface area is 150 Å². The summed E-state index contributed by atoms with van der Waals surface area (Å²) in [5.74, 6) is -0.303. The number of hydrogen-bond acceptors (Lipinski definition) is 7. The molecule has 0 aliphatic rings. The lowest BCUT2D eigenvalue weighted by atomic mass is 10.2. The molecule has 0 radical (unpaired) electrons. The van der Waals surface area contributed by atoms with Gasteiger partial charge in [-0.25, -0.2) is 8.42 Å². The van der Waals surface area contributed by atoms with Crippen LogP contribution in [-0.2, 0) is 16.9 Å². The van der Waals surface area contributed by atoms with Gasteiger partial charge in [-0.3, -0.25) is 14.8 Å². The molecule has 0 saturated carbocycles. The fourth-order valence-corrected chi connectivity index (χ4v) is 3.08. The van der Waals surface area contributed by atoms with E-state index >= 15 is 0 Å². The van der Waals surface area contributed by atoms with Crippen molar-refractivity contribution in [2.24, 2.45) is 7.05 Å². The minimum absolute atomic E-state index is 0.00367. The second-order valence-electron chi connectivity index (χ2n) is 5.59. The first kappa shape index (κ1) is 17.8. The first-order valence-electron chi connectivity index (χ1n) is 7.79. The lowest BCUT2D eigenvalue weighted by molar-refractivity contribution is 0.102. The van der Waals surface area contributed by atoms with E-state index in [1.807, 2.05) is 6.92 Å². The van der Waals surface area contributed by atoms with Crippen molar-refractivity contribution in [3.05, 3.63) is 41.6 Å². The van der Waals surface area contributed by atoms with Crippen LogP contribution in [-0.4, -0.2) is 40.1 Å². The number of sulfone groups is 1. The monoisotopic (exact) mass is 375 g/mol. The number of nitrogens with zero attached hydrogens (tertiary/aromatic N) is 4. The second kappa shape index (κ2) is 6.71. The van der Waals surface area contributed by atoms with Gasteiger partial charge in [0, 0.05) is 18.3 Å². The summed E-state index contributed by atoms with van der Waals surface area (Å²) in [5.41, 5.74) is 1.70.